The third-order valence-corrected chi connectivity index (χ3v) is 7.11. The van der Waals surface area contributed by atoms with Gasteiger partial charge in [0.05, 0.1) is 13.2 Å². The highest BCUT2D eigenvalue weighted by Crippen LogP contribution is 2.55. The Morgan fingerprint density at radius 2 is 1.94 bits per heavy atom. The molecule has 1 spiro atoms. The van der Waals surface area contributed by atoms with Crippen LogP contribution in [0.15, 0.2) is 59.8 Å². The minimum Gasteiger partial charge on any atom is -0.497 e. The second-order valence-electron chi connectivity index (χ2n) is 8.64. The van der Waals surface area contributed by atoms with Gasteiger partial charge < -0.3 is 15.0 Å². The van der Waals surface area contributed by atoms with E-state index in [9.17, 15) is 10.1 Å². The molecule has 6 heteroatoms. The number of benzene rings is 2. The molecule has 1 aliphatic carbocycles. The first-order valence-electron chi connectivity index (χ1n) is 11.1. The molecule has 1 amide bonds. The number of methoxy groups -OCH3 is 1. The van der Waals surface area contributed by atoms with E-state index in [0.29, 0.717) is 6.54 Å². The minimum atomic E-state index is -1.09. The molecule has 2 atom stereocenters. The molecule has 0 aromatic heterocycles. The number of fused-ring (bicyclic) bond motifs is 3. The molecular weight excluding hydrogens is 400 g/mol. The third-order valence-electron chi connectivity index (χ3n) is 7.11. The van der Waals surface area contributed by atoms with E-state index in [1.165, 1.54) is 0 Å². The summed E-state index contributed by atoms with van der Waals surface area (Å²) in [6.45, 7) is 0.613. The lowest BCUT2D eigenvalue weighted by atomic mass is 9.60. The van der Waals surface area contributed by atoms with Crippen LogP contribution in [0.5, 0.6) is 5.75 Å². The molecule has 3 aliphatic rings. The van der Waals surface area contributed by atoms with Gasteiger partial charge in [0.2, 0.25) is 5.91 Å². The first kappa shape index (κ1) is 20.3. The summed E-state index contributed by atoms with van der Waals surface area (Å²) in [5.74, 6) is 0.0284. The molecule has 0 radical (unpaired) electrons. The van der Waals surface area contributed by atoms with E-state index >= 15 is 0 Å². The van der Waals surface area contributed by atoms with Crippen molar-refractivity contribution in [3.63, 3.8) is 0 Å². The number of hydrogen-bond donors (Lipinski definition) is 2. The number of amides is 1. The molecule has 0 fully saturated rings. The monoisotopic (exact) mass is 426 g/mol. The molecule has 0 saturated carbocycles. The van der Waals surface area contributed by atoms with Gasteiger partial charge in [0.15, 0.2) is 0 Å². The highest BCUT2D eigenvalue weighted by atomic mass is 16.5. The number of carbonyl (C=O) groups is 1. The Morgan fingerprint density at radius 3 is 2.69 bits per heavy atom. The van der Waals surface area contributed by atoms with Gasteiger partial charge in [-0.15, -0.1) is 0 Å². The van der Waals surface area contributed by atoms with Crippen molar-refractivity contribution >= 4 is 17.4 Å². The predicted molar refractivity (Wildman–Crippen MR) is 122 cm³/mol. The zero-order chi connectivity index (χ0) is 22.3. The molecule has 2 aliphatic heterocycles. The maximum atomic E-state index is 13.5. The fraction of sp³-hybridized carbons (Fsp3) is 0.346. The van der Waals surface area contributed by atoms with Gasteiger partial charge in [-0.25, -0.2) is 0 Å². The molecule has 32 heavy (non-hydrogen) atoms. The largest absolute Gasteiger partial charge is 0.497 e. The first-order valence-corrected chi connectivity index (χ1v) is 11.1. The van der Waals surface area contributed by atoms with Crippen molar-refractivity contribution in [3.8, 4) is 11.8 Å². The second kappa shape index (κ2) is 7.83. The topological polar surface area (TPSA) is 89.2 Å². The van der Waals surface area contributed by atoms with Crippen LogP contribution in [0.25, 0.3) is 0 Å². The number of amidine groups is 1. The number of anilines is 1. The molecule has 2 heterocycles. The summed E-state index contributed by atoms with van der Waals surface area (Å²) in [6.07, 6.45) is 4.38. The van der Waals surface area contributed by atoms with Crippen LogP contribution < -0.4 is 10.1 Å². The van der Waals surface area contributed by atoms with E-state index in [1.807, 2.05) is 53.4 Å². The van der Waals surface area contributed by atoms with E-state index in [1.54, 1.807) is 7.11 Å². The summed E-state index contributed by atoms with van der Waals surface area (Å²) in [5.41, 5.74) is 3.75. The van der Waals surface area contributed by atoms with E-state index < -0.39 is 11.3 Å². The Labute approximate surface area is 188 Å². The maximum Gasteiger partial charge on any atom is 0.241 e. The summed E-state index contributed by atoms with van der Waals surface area (Å²) in [4.78, 5) is 15.5. The Kier molecular flexibility index (Phi) is 4.97. The Hall–Kier alpha value is -3.59. The highest BCUT2D eigenvalue weighted by molar-refractivity contribution is 6.13. The van der Waals surface area contributed by atoms with Gasteiger partial charge in [-0.1, -0.05) is 30.3 Å². The van der Waals surface area contributed by atoms with Gasteiger partial charge >= 0.3 is 0 Å². The predicted octanol–water partition coefficient (Wildman–Crippen LogP) is 4.39. The van der Waals surface area contributed by atoms with Crippen molar-refractivity contribution in [2.24, 2.45) is 5.92 Å². The molecule has 162 valence electrons. The van der Waals surface area contributed by atoms with Crippen molar-refractivity contribution in [1.29, 1.82) is 10.7 Å². The van der Waals surface area contributed by atoms with Crippen LogP contribution in [0.1, 0.15) is 36.8 Å². The van der Waals surface area contributed by atoms with Crippen LogP contribution in [0.3, 0.4) is 0 Å². The third kappa shape index (κ3) is 2.85. The fourth-order valence-corrected chi connectivity index (χ4v) is 5.60. The Balaban J connectivity index is 1.58. The van der Waals surface area contributed by atoms with Gasteiger partial charge in [0.1, 0.15) is 22.9 Å². The molecular formula is C26H26N4O2. The van der Waals surface area contributed by atoms with Crippen molar-refractivity contribution in [2.45, 2.75) is 37.5 Å². The molecule has 2 N–H and O–H groups in total. The summed E-state index contributed by atoms with van der Waals surface area (Å²) >= 11 is 0. The molecule has 0 unspecified atom stereocenters. The van der Waals surface area contributed by atoms with Gasteiger partial charge in [0, 0.05) is 17.9 Å². The number of ether oxygens (including phenoxy) is 1. The number of nitrogens with one attached hydrogen (secondary N) is 2. The van der Waals surface area contributed by atoms with Crippen LogP contribution in [0.4, 0.5) is 5.69 Å². The number of rotatable bonds is 4. The van der Waals surface area contributed by atoms with Crippen LogP contribution >= 0.6 is 0 Å². The highest BCUT2D eigenvalue weighted by Gasteiger charge is 2.60. The SMILES string of the molecule is COc1ccc(CCN2C(=N)[C@@H](C#N)[C@@]3(C(=O)Nc4ccccc43)C3=C2CCCC3)cc1. The van der Waals surface area contributed by atoms with Crippen molar-refractivity contribution in [1.82, 2.24) is 4.90 Å². The molecule has 5 rings (SSSR count). The normalized spacial score (nSPS) is 24.1. The van der Waals surface area contributed by atoms with Gasteiger partial charge in [0.25, 0.3) is 0 Å². The van der Waals surface area contributed by atoms with E-state index in [0.717, 1.165) is 65.9 Å². The number of carbonyl (C=O) groups excluding carboxylic acids is 1. The van der Waals surface area contributed by atoms with Crippen LogP contribution in [-0.2, 0) is 16.6 Å². The summed E-state index contributed by atoms with van der Waals surface area (Å²) in [6, 6.07) is 17.9. The molecule has 2 aromatic rings. The number of nitrogens with zero attached hydrogens (tertiary/aromatic N) is 2. The van der Waals surface area contributed by atoms with Crippen molar-refractivity contribution < 1.29 is 9.53 Å². The second-order valence-corrected chi connectivity index (χ2v) is 8.64. The lowest BCUT2D eigenvalue weighted by molar-refractivity contribution is -0.120. The number of nitriles is 1. The number of allylic oxidation sites excluding steroid dienone is 1. The van der Waals surface area contributed by atoms with Gasteiger partial charge in [-0.2, -0.15) is 5.26 Å². The Bertz CT molecular complexity index is 1160. The lowest BCUT2D eigenvalue weighted by Gasteiger charge is -2.47. The fourth-order valence-electron chi connectivity index (χ4n) is 5.60. The average molecular weight is 427 g/mol. The number of hydrogen-bond acceptors (Lipinski definition) is 4. The zero-order valence-corrected chi connectivity index (χ0v) is 18.1. The van der Waals surface area contributed by atoms with Crippen LogP contribution in [0, 0.1) is 22.7 Å². The van der Waals surface area contributed by atoms with Crippen molar-refractivity contribution in [3.05, 3.63) is 70.9 Å². The smallest absolute Gasteiger partial charge is 0.241 e. The molecule has 0 saturated heterocycles. The minimum absolute atomic E-state index is 0.167. The van der Waals surface area contributed by atoms with Crippen LogP contribution in [0.2, 0.25) is 0 Å². The van der Waals surface area contributed by atoms with E-state index in [-0.39, 0.29) is 11.7 Å². The van der Waals surface area contributed by atoms with Gasteiger partial charge in [-0.05, 0) is 67.0 Å². The van der Waals surface area contributed by atoms with E-state index in [4.69, 9.17) is 10.1 Å². The quantitative estimate of drug-likeness (QED) is 0.759. The average Bonchev–Trinajstić information content (AvgIpc) is 3.12. The standard InChI is InChI=1S/C26H26N4O2/c1-32-18-12-10-17(11-13-18)14-15-30-23-9-5-3-7-20(23)26(21(16-27)24(30)28)19-6-2-4-8-22(19)29-25(26)31/h2,4,6,8,10-13,21,28H,3,5,7,9,14-15H2,1H3,(H,29,31)/t21-,26+/m1/s1. The molecule has 0 bridgehead atoms. The summed E-state index contributed by atoms with van der Waals surface area (Å²) in [5, 5.41) is 22.3. The lowest BCUT2D eigenvalue weighted by Crippen LogP contribution is -2.56. The zero-order valence-electron chi connectivity index (χ0n) is 18.1. The number of para-hydroxylation sites is 1. The molecule has 2 aromatic carbocycles. The Morgan fingerprint density at radius 1 is 1.19 bits per heavy atom. The summed E-state index contributed by atoms with van der Waals surface area (Å²) < 4.78 is 5.25. The van der Waals surface area contributed by atoms with Gasteiger partial charge in [-0.3, -0.25) is 10.2 Å². The summed E-state index contributed by atoms with van der Waals surface area (Å²) in [7, 11) is 1.65. The van der Waals surface area contributed by atoms with E-state index in [2.05, 4.69) is 11.4 Å². The molecule has 6 nitrogen and oxygen atoms in total. The maximum absolute atomic E-state index is 13.5. The first-order chi connectivity index (χ1) is 15.6. The van der Waals surface area contributed by atoms with Crippen molar-refractivity contribution in [2.75, 3.05) is 19.0 Å². The van der Waals surface area contributed by atoms with Crippen LogP contribution in [-0.4, -0.2) is 30.3 Å².